The minimum atomic E-state index is -3.55. The smallest absolute Gasteiger partial charge is 0.251 e. The molecule has 29 heavy (non-hydrogen) atoms. The van der Waals surface area contributed by atoms with Crippen molar-refractivity contribution in [2.24, 2.45) is 0 Å². The molecule has 7 nitrogen and oxygen atoms in total. The van der Waals surface area contributed by atoms with Gasteiger partial charge in [0, 0.05) is 57.2 Å². The van der Waals surface area contributed by atoms with Gasteiger partial charge < -0.3 is 9.47 Å². The second kappa shape index (κ2) is 8.25. The summed E-state index contributed by atoms with van der Waals surface area (Å²) in [5.74, 6) is -0.254. The van der Waals surface area contributed by atoms with Crippen molar-refractivity contribution in [1.29, 1.82) is 0 Å². The van der Waals surface area contributed by atoms with Crippen LogP contribution in [0, 0.1) is 5.82 Å². The number of sulfonamides is 1. The lowest BCUT2D eigenvalue weighted by Crippen LogP contribution is -2.47. The SMILES string of the molecule is O=c1ccc(S(=O)(=O)N2CCCC2)cn1CN1CCN(c2ccc(F)cc2)CC1. The Balaban J connectivity index is 1.43. The lowest BCUT2D eigenvalue weighted by Gasteiger charge is -2.36. The Bertz CT molecular complexity index is 1010. The first-order valence-electron chi connectivity index (χ1n) is 9.87. The molecule has 2 saturated heterocycles. The predicted molar refractivity (Wildman–Crippen MR) is 109 cm³/mol. The van der Waals surface area contributed by atoms with E-state index in [1.807, 2.05) is 0 Å². The molecule has 1 aromatic carbocycles. The summed E-state index contributed by atoms with van der Waals surface area (Å²) in [7, 11) is -3.55. The standard InChI is InChI=1S/C20H25FN4O3S/c21-17-3-5-18(6-4-17)23-13-11-22(12-14-23)16-24-15-19(7-8-20(24)26)29(27,28)25-9-1-2-10-25/h3-8,15H,1-2,9-14,16H2. The number of anilines is 1. The molecule has 0 bridgehead atoms. The zero-order valence-corrected chi connectivity index (χ0v) is 17.0. The fourth-order valence-corrected chi connectivity index (χ4v) is 5.40. The first-order chi connectivity index (χ1) is 13.9. The predicted octanol–water partition coefficient (Wildman–Crippen LogP) is 1.55. The van der Waals surface area contributed by atoms with Gasteiger partial charge in [0.05, 0.1) is 11.6 Å². The van der Waals surface area contributed by atoms with E-state index in [2.05, 4.69) is 9.80 Å². The van der Waals surface area contributed by atoms with E-state index in [4.69, 9.17) is 0 Å². The van der Waals surface area contributed by atoms with Crippen LogP contribution in [0.1, 0.15) is 12.8 Å². The van der Waals surface area contributed by atoms with Crippen molar-refractivity contribution in [2.75, 3.05) is 44.2 Å². The molecular weight excluding hydrogens is 395 g/mol. The van der Waals surface area contributed by atoms with Crippen LogP contribution in [0.2, 0.25) is 0 Å². The Hall–Kier alpha value is -2.23. The largest absolute Gasteiger partial charge is 0.369 e. The highest BCUT2D eigenvalue weighted by Crippen LogP contribution is 2.20. The van der Waals surface area contributed by atoms with Crippen LogP contribution in [0.5, 0.6) is 0 Å². The van der Waals surface area contributed by atoms with Gasteiger partial charge in [0.2, 0.25) is 10.0 Å². The number of rotatable bonds is 5. The first-order valence-corrected chi connectivity index (χ1v) is 11.3. The quantitative estimate of drug-likeness (QED) is 0.734. The molecule has 0 N–H and O–H groups in total. The third kappa shape index (κ3) is 4.36. The molecule has 0 aliphatic carbocycles. The molecule has 2 fully saturated rings. The highest BCUT2D eigenvalue weighted by molar-refractivity contribution is 7.89. The molecule has 2 aromatic rings. The normalized spacial score (nSPS) is 19.0. The molecule has 156 valence electrons. The summed E-state index contributed by atoms with van der Waals surface area (Å²) < 4.78 is 41.6. The Labute approximate surface area is 170 Å². The highest BCUT2D eigenvalue weighted by atomic mass is 32.2. The summed E-state index contributed by atoms with van der Waals surface area (Å²) in [6, 6.07) is 9.17. The van der Waals surface area contributed by atoms with E-state index in [-0.39, 0.29) is 16.3 Å². The molecule has 4 rings (SSSR count). The van der Waals surface area contributed by atoms with Crippen LogP contribution in [0.25, 0.3) is 0 Å². The van der Waals surface area contributed by atoms with Crippen LogP contribution < -0.4 is 10.5 Å². The van der Waals surface area contributed by atoms with E-state index in [1.165, 1.54) is 39.3 Å². The molecular formula is C20H25FN4O3S. The van der Waals surface area contributed by atoms with E-state index in [0.29, 0.717) is 19.8 Å². The number of piperazine rings is 1. The van der Waals surface area contributed by atoms with Crippen molar-refractivity contribution in [3.63, 3.8) is 0 Å². The fourth-order valence-electron chi connectivity index (χ4n) is 3.86. The third-order valence-electron chi connectivity index (χ3n) is 5.58. The van der Waals surface area contributed by atoms with Crippen LogP contribution in [0.3, 0.4) is 0 Å². The van der Waals surface area contributed by atoms with Gasteiger partial charge in [-0.15, -0.1) is 0 Å². The second-order valence-electron chi connectivity index (χ2n) is 7.51. The van der Waals surface area contributed by atoms with E-state index in [9.17, 15) is 17.6 Å². The summed E-state index contributed by atoms with van der Waals surface area (Å²) >= 11 is 0. The summed E-state index contributed by atoms with van der Waals surface area (Å²) in [6.07, 6.45) is 3.21. The monoisotopic (exact) mass is 420 g/mol. The van der Waals surface area contributed by atoms with Crippen molar-refractivity contribution < 1.29 is 12.8 Å². The second-order valence-corrected chi connectivity index (χ2v) is 9.44. The van der Waals surface area contributed by atoms with E-state index < -0.39 is 10.0 Å². The number of nitrogens with zero attached hydrogens (tertiary/aromatic N) is 4. The van der Waals surface area contributed by atoms with Crippen molar-refractivity contribution >= 4 is 15.7 Å². The Kier molecular flexibility index (Phi) is 5.71. The third-order valence-corrected chi connectivity index (χ3v) is 7.46. The van der Waals surface area contributed by atoms with Gasteiger partial charge >= 0.3 is 0 Å². The van der Waals surface area contributed by atoms with Crippen LogP contribution in [-0.2, 0) is 16.7 Å². The van der Waals surface area contributed by atoms with Crippen LogP contribution >= 0.6 is 0 Å². The van der Waals surface area contributed by atoms with Crippen molar-refractivity contribution in [2.45, 2.75) is 24.4 Å². The zero-order valence-electron chi connectivity index (χ0n) is 16.2. The number of pyridine rings is 1. The number of hydrogen-bond donors (Lipinski definition) is 0. The maximum atomic E-state index is 13.1. The molecule has 0 atom stereocenters. The number of benzene rings is 1. The Morgan fingerprint density at radius 2 is 1.52 bits per heavy atom. The topological polar surface area (TPSA) is 65.9 Å². The van der Waals surface area contributed by atoms with Gasteiger partial charge in [-0.25, -0.2) is 12.8 Å². The van der Waals surface area contributed by atoms with Gasteiger partial charge in [-0.2, -0.15) is 4.31 Å². The highest BCUT2D eigenvalue weighted by Gasteiger charge is 2.28. The molecule has 0 amide bonds. The van der Waals surface area contributed by atoms with Gasteiger partial charge in [0.25, 0.3) is 5.56 Å². The maximum absolute atomic E-state index is 13.1. The summed E-state index contributed by atoms with van der Waals surface area (Å²) in [4.78, 5) is 16.8. The van der Waals surface area contributed by atoms with Gasteiger partial charge in [0.15, 0.2) is 0 Å². The Morgan fingerprint density at radius 1 is 0.862 bits per heavy atom. The molecule has 3 heterocycles. The average molecular weight is 421 g/mol. The van der Waals surface area contributed by atoms with Gasteiger partial charge in [-0.05, 0) is 43.2 Å². The molecule has 0 spiro atoms. The lowest BCUT2D eigenvalue weighted by molar-refractivity contribution is 0.202. The fraction of sp³-hybridized carbons (Fsp3) is 0.450. The zero-order chi connectivity index (χ0) is 20.4. The van der Waals surface area contributed by atoms with Crippen LogP contribution in [0.15, 0.2) is 52.3 Å². The van der Waals surface area contributed by atoms with Crippen molar-refractivity contribution in [3.8, 4) is 0 Å². The molecule has 0 radical (unpaired) electrons. The van der Waals surface area contributed by atoms with Gasteiger partial charge in [-0.3, -0.25) is 9.69 Å². The minimum absolute atomic E-state index is 0.170. The van der Waals surface area contributed by atoms with Gasteiger partial charge in [-0.1, -0.05) is 0 Å². The summed E-state index contributed by atoms with van der Waals surface area (Å²) in [5, 5.41) is 0. The number of aromatic nitrogens is 1. The molecule has 9 heteroatoms. The van der Waals surface area contributed by atoms with Crippen LogP contribution in [0.4, 0.5) is 10.1 Å². The molecule has 1 aromatic heterocycles. The summed E-state index contributed by atoms with van der Waals surface area (Å²) in [5.41, 5.74) is 0.758. The minimum Gasteiger partial charge on any atom is -0.369 e. The summed E-state index contributed by atoms with van der Waals surface area (Å²) in [6.45, 7) is 4.39. The van der Waals surface area contributed by atoms with Gasteiger partial charge in [0.1, 0.15) is 5.82 Å². The molecule has 0 saturated carbocycles. The van der Waals surface area contributed by atoms with Crippen molar-refractivity contribution in [1.82, 2.24) is 13.8 Å². The lowest BCUT2D eigenvalue weighted by atomic mass is 10.2. The van der Waals surface area contributed by atoms with Crippen molar-refractivity contribution in [3.05, 3.63) is 58.8 Å². The molecule has 2 aliphatic heterocycles. The van der Waals surface area contributed by atoms with Crippen LogP contribution in [-0.4, -0.2) is 61.5 Å². The molecule has 2 aliphatic rings. The number of hydrogen-bond acceptors (Lipinski definition) is 5. The maximum Gasteiger partial charge on any atom is 0.251 e. The van der Waals surface area contributed by atoms with E-state index in [0.717, 1.165) is 44.7 Å². The average Bonchev–Trinajstić information content (AvgIpc) is 3.27. The van der Waals surface area contributed by atoms with E-state index in [1.54, 1.807) is 12.1 Å². The number of halogens is 1. The Morgan fingerprint density at radius 3 is 2.17 bits per heavy atom. The molecule has 0 unspecified atom stereocenters. The first kappa shape index (κ1) is 20.1. The van der Waals surface area contributed by atoms with E-state index >= 15 is 0 Å².